The molecular weight excluding hydrogens is 252 g/mol. The van der Waals surface area contributed by atoms with Crippen molar-refractivity contribution < 1.29 is 4.79 Å². The molecule has 20 heavy (non-hydrogen) atoms. The normalized spacial score (nSPS) is 30.3. The van der Waals surface area contributed by atoms with Gasteiger partial charge in [-0.2, -0.15) is 5.26 Å². The number of carbonyl (C=O) groups is 1. The minimum Gasteiger partial charge on any atom is -0.337 e. The van der Waals surface area contributed by atoms with Gasteiger partial charge in [0.15, 0.2) is 0 Å². The molecule has 0 bridgehead atoms. The van der Waals surface area contributed by atoms with Gasteiger partial charge in [0.25, 0.3) is 0 Å². The fourth-order valence-electron chi connectivity index (χ4n) is 3.07. The topological polar surface area (TPSA) is 82.2 Å². The highest BCUT2D eigenvalue weighted by Gasteiger charge is 2.43. The second kappa shape index (κ2) is 6.11. The van der Waals surface area contributed by atoms with Crippen LogP contribution in [0.15, 0.2) is 0 Å². The number of nitrogens with two attached hydrogens (primary N) is 1. The Balaban J connectivity index is 1.88. The molecule has 2 aliphatic rings. The molecule has 0 radical (unpaired) electrons. The highest BCUT2D eigenvalue weighted by molar-refractivity contribution is 5.79. The number of amides is 1. The van der Waals surface area contributed by atoms with Crippen molar-refractivity contribution in [2.75, 3.05) is 19.6 Å². The fourth-order valence-corrected chi connectivity index (χ4v) is 3.07. The van der Waals surface area contributed by atoms with Crippen molar-refractivity contribution in [1.29, 1.82) is 5.26 Å². The first-order valence-corrected chi connectivity index (χ1v) is 7.65. The van der Waals surface area contributed by atoms with Gasteiger partial charge < -0.3 is 11.1 Å². The van der Waals surface area contributed by atoms with E-state index >= 15 is 0 Å². The Labute approximate surface area is 121 Å². The van der Waals surface area contributed by atoms with Crippen molar-refractivity contribution in [2.45, 2.75) is 51.1 Å². The molecule has 2 rings (SSSR count). The van der Waals surface area contributed by atoms with Crippen LogP contribution in [0.4, 0.5) is 0 Å². The lowest BCUT2D eigenvalue weighted by atomic mass is 9.93. The molecule has 1 saturated heterocycles. The third kappa shape index (κ3) is 3.50. The Hall–Kier alpha value is -1.12. The van der Waals surface area contributed by atoms with Gasteiger partial charge in [0.1, 0.15) is 5.54 Å². The van der Waals surface area contributed by atoms with Crippen LogP contribution < -0.4 is 11.1 Å². The number of likely N-dealkylation sites (tertiary alicyclic amines) is 1. The van der Waals surface area contributed by atoms with Gasteiger partial charge in [-0.3, -0.25) is 9.69 Å². The molecule has 3 N–H and O–H groups in total. The first-order chi connectivity index (χ1) is 9.48. The third-order valence-electron chi connectivity index (χ3n) is 4.81. The van der Waals surface area contributed by atoms with Crippen molar-refractivity contribution in [2.24, 2.45) is 17.6 Å². The molecule has 0 aromatic carbocycles. The summed E-state index contributed by atoms with van der Waals surface area (Å²) in [4.78, 5) is 14.4. The van der Waals surface area contributed by atoms with Gasteiger partial charge in [0.2, 0.25) is 5.91 Å². The van der Waals surface area contributed by atoms with Crippen LogP contribution in [0.5, 0.6) is 0 Å². The molecule has 0 aromatic heterocycles. The summed E-state index contributed by atoms with van der Waals surface area (Å²) in [5.41, 5.74) is 5.05. The van der Waals surface area contributed by atoms with E-state index in [1.54, 1.807) is 0 Å². The zero-order valence-electron chi connectivity index (χ0n) is 12.6. The summed E-state index contributed by atoms with van der Waals surface area (Å²) in [7, 11) is 0. The number of hydrogen-bond acceptors (Lipinski definition) is 4. The van der Waals surface area contributed by atoms with E-state index in [-0.39, 0.29) is 5.91 Å². The van der Waals surface area contributed by atoms with E-state index in [0.29, 0.717) is 31.0 Å². The molecule has 0 aromatic rings. The first-order valence-electron chi connectivity index (χ1n) is 7.65. The lowest BCUT2D eigenvalue weighted by molar-refractivity contribution is -0.124. The minimum absolute atomic E-state index is 0.0366. The van der Waals surface area contributed by atoms with Gasteiger partial charge in [-0.25, -0.2) is 0 Å². The van der Waals surface area contributed by atoms with Gasteiger partial charge in [-0.1, -0.05) is 0 Å². The number of hydrogen-bond donors (Lipinski definition) is 2. The predicted octanol–water partition coefficient (Wildman–Crippen LogP) is 0.854. The van der Waals surface area contributed by atoms with Crippen LogP contribution in [0.3, 0.4) is 0 Å². The van der Waals surface area contributed by atoms with Gasteiger partial charge >= 0.3 is 0 Å². The van der Waals surface area contributed by atoms with Gasteiger partial charge in [-0.15, -0.1) is 0 Å². The van der Waals surface area contributed by atoms with Gasteiger partial charge in [0.05, 0.1) is 12.6 Å². The molecule has 5 heteroatoms. The Bertz CT molecular complexity index is 401. The van der Waals surface area contributed by atoms with Crippen LogP contribution in [-0.2, 0) is 4.79 Å². The van der Waals surface area contributed by atoms with E-state index in [1.807, 2.05) is 6.92 Å². The predicted molar refractivity (Wildman–Crippen MR) is 77.7 cm³/mol. The second-order valence-electron chi connectivity index (χ2n) is 6.59. The number of carbonyl (C=O) groups excluding carboxylic acids is 1. The Morgan fingerprint density at radius 2 is 2.15 bits per heavy atom. The zero-order valence-corrected chi connectivity index (χ0v) is 12.6. The molecule has 2 fully saturated rings. The van der Waals surface area contributed by atoms with Gasteiger partial charge in [-0.05, 0) is 57.9 Å². The average Bonchev–Trinajstić information content (AvgIpc) is 3.26. The van der Waals surface area contributed by atoms with Crippen molar-refractivity contribution in [3.05, 3.63) is 0 Å². The molecule has 3 atom stereocenters. The molecular formula is C15H26N4O. The van der Waals surface area contributed by atoms with Crippen LogP contribution in [0.1, 0.15) is 39.5 Å². The molecule has 0 spiro atoms. The van der Waals surface area contributed by atoms with Crippen molar-refractivity contribution >= 4 is 5.91 Å². The van der Waals surface area contributed by atoms with E-state index in [2.05, 4.69) is 23.2 Å². The Morgan fingerprint density at radius 1 is 1.45 bits per heavy atom. The monoisotopic (exact) mass is 278 g/mol. The van der Waals surface area contributed by atoms with E-state index in [0.717, 1.165) is 32.2 Å². The summed E-state index contributed by atoms with van der Waals surface area (Å²) in [6.07, 6.45) is 4.32. The number of nitrogens with one attached hydrogen (secondary N) is 1. The molecule has 112 valence electrons. The highest BCUT2D eigenvalue weighted by Crippen LogP contribution is 2.39. The number of nitriles is 1. The van der Waals surface area contributed by atoms with Crippen molar-refractivity contribution in [3.63, 3.8) is 0 Å². The molecule has 1 aliphatic heterocycles. The van der Waals surface area contributed by atoms with Crippen LogP contribution in [0, 0.1) is 23.2 Å². The summed E-state index contributed by atoms with van der Waals surface area (Å²) in [6, 6.07) is 2.68. The maximum atomic E-state index is 12.2. The second-order valence-corrected chi connectivity index (χ2v) is 6.59. The summed E-state index contributed by atoms with van der Waals surface area (Å²) < 4.78 is 0. The lowest BCUT2D eigenvalue weighted by Gasteiger charge is -2.37. The summed E-state index contributed by atoms with van der Waals surface area (Å²) in [5, 5.41) is 12.2. The van der Waals surface area contributed by atoms with E-state index in [1.165, 1.54) is 0 Å². The van der Waals surface area contributed by atoms with Crippen LogP contribution >= 0.6 is 0 Å². The Kier molecular flexibility index (Phi) is 4.66. The SMILES string of the molecule is CC1CCC(CN)CN1CC(=O)NC(C)(C#N)C1CC1. The molecule has 1 heterocycles. The fraction of sp³-hybridized carbons (Fsp3) is 0.867. The summed E-state index contributed by atoms with van der Waals surface area (Å²) >= 11 is 0. The first kappa shape index (κ1) is 15.3. The quantitative estimate of drug-likeness (QED) is 0.781. The molecule has 1 saturated carbocycles. The molecule has 1 amide bonds. The molecule has 3 unspecified atom stereocenters. The zero-order chi connectivity index (χ0) is 14.8. The Morgan fingerprint density at radius 3 is 2.70 bits per heavy atom. The molecule has 1 aliphatic carbocycles. The van der Waals surface area contributed by atoms with Crippen molar-refractivity contribution in [3.8, 4) is 6.07 Å². The maximum absolute atomic E-state index is 12.2. The smallest absolute Gasteiger partial charge is 0.235 e. The number of nitrogens with zero attached hydrogens (tertiary/aromatic N) is 2. The van der Waals surface area contributed by atoms with E-state index in [9.17, 15) is 10.1 Å². The largest absolute Gasteiger partial charge is 0.337 e. The van der Waals surface area contributed by atoms with E-state index in [4.69, 9.17) is 5.73 Å². The van der Waals surface area contributed by atoms with Crippen LogP contribution in [-0.4, -0.2) is 42.0 Å². The highest BCUT2D eigenvalue weighted by atomic mass is 16.2. The van der Waals surface area contributed by atoms with Crippen LogP contribution in [0.2, 0.25) is 0 Å². The maximum Gasteiger partial charge on any atom is 0.235 e. The number of rotatable bonds is 5. The summed E-state index contributed by atoms with van der Waals surface area (Å²) in [5.74, 6) is 0.780. The standard InChI is InChI=1S/C15H26N4O/c1-11-3-4-12(7-16)8-19(11)9-14(20)18-15(2,10-17)13-5-6-13/h11-13H,3-9,16H2,1-2H3,(H,18,20). The van der Waals surface area contributed by atoms with Gasteiger partial charge in [0, 0.05) is 12.6 Å². The average molecular weight is 278 g/mol. The van der Waals surface area contributed by atoms with Crippen LogP contribution in [0.25, 0.3) is 0 Å². The third-order valence-corrected chi connectivity index (χ3v) is 4.81. The molecule has 5 nitrogen and oxygen atoms in total. The summed E-state index contributed by atoms with van der Waals surface area (Å²) in [6.45, 7) is 5.94. The van der Waals surface area contributed by atoms with E-state index < -0.39 is 5.54 Å². The lowest BCUT2D eigenvalue weighted by Crippen LogP contribution is -2.53. The number of piperidine rings is 1. The van der Waals surface area contributed by atoms with Crippen molar-refractivity contribution in [1.82, 2.24) is 10.2 Å². The minimum atomic E-state index is -0.691.